The molecule has 11 heteroatoms. The van der Waals surface area contributed by atoms with E-state index in [1.54, 1.807) is 18.2 Å². The van der Waals surface area contributed by atoms with E-state index in [4.69, 9.17) is 29.2 Å². The number of methoxy groups -OCH3 is 1. The number of hydrogen-bond acceptors (Lipinski definition) is 8. The molecular weight excluding hydrogens is 719 g/mol. The summed E-state index contributed by atoms with van der Waals surface area (Å²) in [5.41, 5.74) is 6.45. The van der Waals surface area contributed by atoms with Crippen LogP contribution in [-0.4, -0.2) is 55.8 Å². The maximum Gasteiger partial charge on any atom is 0.227 e. The molecule has 1 fully saturated rings. The molecule has 1 atom stereocenters. The lowest BCUT2D eigenvalue weighted by Gasteiger charge is -2.38. The van der Waals surface area contributed by atoms with E-state index in [1.807, 2.05) is 24.5 Å². The van der Waals surface area contributed by atoms with Crippen molar-refractivity contribution in [3.05, 3.63) is 77.4 Å². The Hall–Kier alpha value is -4.24. The molecule has 0 spiro atoms. The summed E-state index contributed by atoms with van der Waals surface area (Å²) in [5.74, 6) is 3.91. The van der Waals surface area contributed by atoms with Crippen molar-refractivity contribution in [3.8, 4) is 34.4 Å². The molecule has 2 aliphatic rings. The molecule has 0 unspecified atom stereocenters. The van der Waals surface area contributed by atoms with Gasteiger partial charge in [0.2, 0.25) is 5.88 Å². The van der Waals surface area contributed by atoms with E-state index in [-0.39, 0.29) is 35.5 Å². The van der Waals surface area contributed by atoms with Crippen molar-refractivity contribution in [2.24, 2.45) is 5.92 Å². The average Bonchev–Trinajstić information content (AvgIpc) is 4.01. The van der Waals surface area contributed by atoms with Crippen molar-refractivity contribution in [3.63, 3.8) is 0 Å². The van der Waals surface area contributed by atoms with Crippen LogP contribution in [0.25, 0.3) is 32.9 Å². The molecule has 0 N–H and O–H groups in total. The second kappa shape index (κ2) is 15.5. The summed E-state index contributed by atoms with van der Waals surface area (Å²) in [7, 11) is -0.738. The molecule has 3 aromatic carbocycles. The van der Waals surface area contributed by atoms with Crippen LogP contribution >= 0.6 is 11.8 Å². The normalized spacial score (nSPS) is 15.9. The summed E-state index contributed by atoms with van der Waals surface area (Å²) < 4.78 is 51.5. The predicted molar refractivity (Wildman–Crippen MR) is 217 cm³/mol. The second-order valence-corrected chi connectivity index (χ2v) is 21.7. The lowest BCUT2D eigenvalue weighted by atomic mass is 9.95. The fourth-order valence-electron chi connectivity index (χ4n) is 8.48. The van der Waals surface area contributed by atoms with Gasteiger partial charge in [0.05, 0.1) is 11.6 Å². The summed E-state index contributed by atoms with van der Waals surface area (Å²) in [6.07, 6.45) is 4.04. The smallest absolute Gasteiger partial charge is 0.227 e. The van der Waals surface area contributed by atoms with Gasteiger partial charge >= 0.3 is 0 Å². The topological polar surface area (TPSA) is 69.6 Å². The largest absolute Gasteiger partial charge is 0.475 e. The van der Waals surface area contributed by atoms with Gasteiger partial charge < -0.3 is 19.1 Å². The Morgan fingerprint density at radius 2 is 1.67 bits per heavy atom. The van der Waals surface area contributed by atoms with Crippen molar-refractivity contribution in [2.75, 3.05) is 31.7 Å². The zero-order chi connectivity index (χ0) is 38.3. The van der Waals surface area contributed by atoms with Crippen molar-refractivity contribution in [1.82, 2.24) is 15.0 Å². The Bertz CT molecular complexity index is 2230. The van der Waals surface area contributed by atoms with Gasteiger partial charge in [-0.1, -0.05) is 95.6 Å². The number of aromatic nitrogens is 3. The quantitative estimate of drug-likeness (QED) is 0.0433. The predicted octanol–water partition coefficient (Wildman–Crippen LogP) is 10.6. The third kappa shape index (κ3) is 6.93. The van der Waals surface area contributed by atoms with Gasteiger partial charge in [-0.15, -0.1) is 5.54 Å². The Morgan fingerprint density at radius 1 is 0.944 bits per heavy atom. The van der Waals surface area contributed by atoms with Gasteiger partial charge in [0.1, 0.15) is 48.7 Å². The highest BCUT2D eigenvalue weighted by molar-refractivity contribution is 7.98. The van der Waals surface area contributed by atoms with E-state index < -0.39 is 19.7 Å². The highest BCUT2D eigenvalue weighted by atomic mass is 32.2. The van der Waals surface area contributed by atoms with Gasteiger partial charge in [0.15, 0.2) is 17.8 Å². The first-order valence-corrected chi connectivity index (χ1v) is 22.2. The Labute approximate surface area is 322 Å². The van der Waals surface area contributed by atoms with Gasteiger partial charge in [0.25, 0.3) is 0 Å². The van der Waals surface area contributed by atoms with Crippen LogP contribution in [0.15, 0.2) is 59.8 Å². The molecule has 54 heavy (non-hydrogen) atoms. The number of thioether (sulfide) groups is 1. The molecule has 7 nitrogen and oxygen atoms in total. The van der Waals surface area contributed by atoms with Crippen LogP contribution in [0.5, 0.6) is 11.6 Å². The van der Waals surface area contributed by atoms with Gasteiger partial charge in [-0.25, -0.2) is 23.7 Å². The number of benzene rings is 3. The molecule has 282 valence electrons. The summed E-state index contributed by atoms with van der Waals surface area (Å²) >= 11 is 1.35. The van der Waals surface area contributed by atoms with E-state index in [2.05, 4.69) is 70.0 Å². The molecule has 7 rings (SSSR count). The highest BCUT2D eigenvalue weighted by Gasteiger charge is 2.42. The molecule has 1 aliphatic heterocycles. The van der Waals surface area contributed by atoms with Crippen LogP contribution in [0.1, 0.15) is 65.5 Å². The van der Waals surface area contributed by atoms with E-state index in [0.717, 1.165) is 18.4 Å². The van der Waals surface area contributed by atoms with E-state index >= 15 is 8.78 Å². The van der Waals surface area contributed by atoms with Gasteiger partial charge in [-0.05, 0) is 70.8 Å². The SMILES string of the molecule is COCOc1cc(-c2nc3c4c(nc(SC)nc4c2F)N(Cc2ccccc2)[C@@H](C2CC2)CO3)c2c(C#C[Si](C(C)C)(C(C)C)C(C)C)c(F)ccc2c1. The van der Waals surface area contributed by atoms with Crippen molar-refractivity contribution < 1.29 is 23.0 Å². The number of halogens is 2. The van der Waals surface area contributed by atoms with Crippen LogP contribution in [0.3, 0.4) is 0 Å². The summed E-state index contributed by atoms with van der Waals surface area (Å²) in [5, 5.41) is 1.96. The van der Waals surface area contributed by atoms with Crippen molar-refractivity contribution in [2.45, 2.75) is 88.8 Å². The van der Waals surface area contributed by atoms with Gasteiger partial charge in [-0.3, -0.25) is 0 Å². The second-order valence-electron chi connectivity index (χ2n) is 15.4. The third-order valence-corrected chi connectivity index (χ3v) is 18.1. The molecule has 5 aromatic rings. The monoisotopic (exact) mass is 766 g/mol. The van der Waals surface area contributed by atoms with E-state index in [0.29, 0.717) is 74.1 Å². The lowest BCUT2D eigenvalue weighted by Crippen LogP contribution is -2.43. The number of pyridine rings is 1. The Kier molecular flexibility index (Phi) is 10.9. The minimum absolute atomic E-state index is 0.00797. The molecule has 1 saturated carbocycles. The third-order valence-electron chi connectivity index (χ3n) is 11.2. The number of anilines is 1. The van der Waals surface area contributed by atoms with Crippen LogP contribution in [0.4, 0.5) is 14.6 Å². The first kappa shape index (κ1) is 38.0. The zero-order valence-corrected chi connectivity index (χ0v) is 34.1. The molecule has 2 aromatic heterocycles. The number of ether oxygens (including phenoxy) is 3. The van der Waals surface area contributed by atoms with Crippen LogP contribution in [-0.2, 0) is 11.3 Å². The van der Waals surface area contributed by atoms with Crippen molar-refractivity contribution >= 4 is 47.3 Å². The fraction of sp³-hybridized carbons (Fsp3) is 0.419. The Balaban J connectivity index is 1.51. The molecule has 0 amide bonds. The lowest BCUT2D eigenvalue weighted by molar-refractivity contribution is 0.0512. The molecule has 3 heterocycles. The summed E-state index contributed by atoms with van der Waals surface area (Å²) in [6, 6.07) is 16.8. The summed E-state index contributed by atoms with van der Waals surface area (Å²) in [6.45, 7) is 14.2. The van der Waals surface area contributed by atoms with Gasteiger partial charge in [-0.2, -0.15) is 0 Å². The van der Waals surface area contributed by atoms with Crippen molar-refractivity contribution in [1.29, 1.82) is 0 Å². The number of rotatable bonds is 11. The van der Waals surface area contributed by atoms with Crippen LogP contribution < -0.4 is 14.4 Å². The van der Waals surface area contributed by atoms with E-state index in [9.17, 15) is 0 Å². The minimum atomic E-state index is -2.27. The number of nitrogens with zero attached hydrogens (tertiary/aromatic N) is 4. The molecule has 1 aliphatic carbocycles. The molecule has 0 saturated heterocycles. The molecular formula is C43H48F2N4O3SSi. The zero-order valence-electron chi connectivity index (χ0n) is 32.3. The standard InChI is InChI=1S/C43H48F2N4O3SSi/c1-25(2)54(26(3)4,27(5)6)19-18-32-34(44)17-16-30-20-31(52-24-50-7)21-33(36(30)32)39-38(45)40-37-41(48-43(47-40)53-8)49(22-28-12-10-9-11-13-28)35(29-14-15-29)23-51-42(37)46-39/h9-13,16-17,20-21,25-27,29,35H,14-15,22-24H2,1-8H3/t35-/m1/s1. The van der Waals surface area contributed by atoms with Crippen LogP contribution in [0, 0.1) is 29.0 Å². The van der Waals surface area contributed by atoms with E-state index in [1.165, 1.54) is 24.9 Å². The fourth-order valence-corrected chi connectivity index (χ4v) is 14.0. The number of hydrogen-bond donors (Lipinski definition) is 0. The molecule has 0 bridgehead atoms. The number of fused-ring (bicyclic) bond motifs is 1. The van der Waals surface area contributed by atoms with Crippen LogP contribution in [0.2, 0.25) is 16.6 Å². The maximum absolute atomic E-state index is 17.6. The Morgan fingerprint density at radius 3 is 2.31 bits per heavy atom. The minimum Gasteiger partial charge on any atom is -0.475 e. The van der Waals surface area contributed by atoms with Gasteiger partial charge in [0, 0.05) is 24.6 Å². The highest BCUT2D eigenvalue weighted by Crippen LogP contribution is 2.47. The summed E-state index contributed by atoms with van der Waals surface area (Å²) in [4.78, 5) is 16.9. The molecule has 0 radical (unpaired) electrons. The maximum atomic E-state index is 17.6. The first-order valence-electron chi connectivity index (χ1n) is 18.8. The first-order chi connectivity index (χ1) is 26.0. The average molecular weight is 767 g/mol.